The van der Waals surface area contributed by atoms with Crippen LogP contribution in [0.2, 0.25) is 5.02 Å². The molecule has 2 fully saturated rings. The third kappa shape index (κ3) is 9.03. The van der Waals surface area contributed by atoms with Gasteiger partial charge in [-0.25, -0.2) is 0 Å². The maximum absolute atomic E-state index is 11.8. The van der Waals surface area contributed by atoms with Crippen LogP contribution in [-0.2, 0) is 4.79 Å². The van der Waals surface area contributed by atoms with E-state index in [0.717, 1.165) is 38.6 Å². The Morgan fingerprint density at radius 2 is 1.94 bits per heavy atom. The predicted octanol–water partition coefficient (Wildman–Crippen LogP) is 4.33. The minimum absolute atomic E-state index is 0.0351. The Bertz CT molecular complexity index is 758. The van der Waals surface area contributed by atoms with Gasteiger partial charge in [-0.2, -0.15) is 0 Å². The third-order valence-electron chi connectivity index (χ3n) is 7.43. The van der Waals surface area contributed by atoms with Gasteiger partial charge in [0.05, 0.1) is 18.3 Å². The molecule has 192 valence electrons. The highest BCUT2D eigenvalue weighted by atomic mass is 35.5. The van der Waals surface area contributed by atoms with Crippen LogP contribution in [0.5, 0.6) is 5.75 Å². The normalized spacial score (nSPS) is 26.3. The Balaban J connectivity index is 1.35. The van der Waals surface area contributed by atoms with Crippen molar-refractivity contribution < 1.29 is 24.9 Å². The summed E-state index contributed by atoms with van der Waals surface area (Å²) in [6.45, 7) is 3.04. The van der Waals surface area contributed by atoms with Gasteiger partial charge in [-0.15, -0.1) is 0 Å². The van der Waals surface area contributed by atoms with Crippen LogP contribution in [0.15, 0.2) is 24.3 Å². The summed E-state index contributed by atoms with van der Waals surface area (Å²) in [5, 5.41) is 35.3. The van der Waals surface area contributed by atoms with Gasteiger partial charge in [-0.3, -0.25) is 4.79 Å². The quantitative estimate of drug-likeness (QED) is 0.271. The van der Waals surface area contributed by atoms with Gasteiger partial charge in [0.25, 0.3) is 0 Å². The summed E-state index contributed by atoms with van der Waals surface area (Å²) in [7, 11) is 0. The summed E-state index contributed by atoms with van der Waals surface area (Å²) in [6, 6.07) is 7.09. The van der Waals surface area contributed by atoms with Crippen molar-refractivity contribution in [3.63, 3.8) is 0 Å². The van der Waals surface area contributed by atoms with Crippen LogP contribution in [0.25, 0.3) is 0 Å². The Hall–Kier alpha value is -1.34. The van der Waals surface area contributed by atoms with Crippen molar-refractivity contribution in [2.75, 3.05) is 13.2 Å². The molecule has 1 aromatic carbocycles. The molecule has 2 saturated carbocycles. The number of benzene rings is 1. The fraction of sp³-hybridized carbons (Fsp3) is 0.741. The number of halogens is 1. The molecule has 0 saturated heterocycles. The van der Waals surface area contributed by atoms with Gasteiger partial charge in [-0.1, -0.05) is 43.9 Å². The second-order valence-electron chi connectivity index (χ2n) is 10.4. The third-order valence-corrected chi connectivity index (χ3v) is 7.67. The zero-order chi connectivity index (χ0) is 24.5. The van der Waals surface area contributed by atoms with Crippen LogP contribution < -0.4 is 10.1 Å². The maximum Gasteiger partial charge on any atom is 0.220 e. The number of rotatable bonds is 15. The van der Waals surface area contributed by atoms with E-state index in [1.54, 1.807) is 24.3 Å². The molecule has 2 aliphatic rings. The van der Waals surface area contributed by atoms with E-state index in [1.807, 2.05) is 6.92 Å². The highest BCUT2D eigenvalue weighted by molar-refractivity contribution is 6.30. The van der Waals surface area contributed by atoms with Gasteiger partial charge in [0, 0.05) is 18.0 Å². The lowest BCUT2D eigenvalue weighted by Crippen LogP contribution is -2.32. The van der Waals surface area contributed by atoms with E-state index in [0.29, 0.717) is 36.0 Å². The number of unbranched alkanes of at least 4 members (excludes halogenated alkanes) is 3. The zero-order valence-electron chi connectivity index (χ0n) is 20.4. The Kier molecular flexibility index (Phi) is 11.0. The van der Waals surface area contributed by atoms with Crippen LogP contribution in [0.1, 0.15) is 71.1 Å². The molecule has 0 spiro atoms. The Labute approximate surface area is 209 Å². The molecule has 1 aromatic rings. The largest absolute Gasteiger partial charge is 0.491 e. The van der Waals surface area contributed by atoms with E-state index in [-0.39, 0.29) is 30.3 Å². The first-order valence-corrected chi connectivity index (χ1v) is 13.4. The second-order valence-corrected chi connectivity index (χ2v) is 10.9. The molecule has 0 aliphatic heterocycles. The minimum Gasteiger partial charge on any atom is -0.491 e. The molecule has 3 rings (SSSR count). The van der Waals surface area contributed by atoms with E-state index in [1.165, 1.54) is 12.8 Å². The van der Waals surface area contributed by atoms with Crippen molar-refractivity contribution >= 4 is 17.5 Å². The predicted molar refractivity (Wildman–Crippen MR) is 134 cm³/mol. The fourth-order valence-corrected chi connectivity index (χ4v) is 5.58. The van der Waals surface area contributed by atoms with E-state index in [2.05, 4.69) is 5.32 Å². The molecule has 1 amide bonds. The molecule has 6 nitrogen and oxygen atoms in total. The molecule has 6 unspecified atom stereocenters. The molecule has 6 atom stereocenters. The maximum atomic E-state index is 11.8. The molecule has 2 aliphatic carbocycles. The highest BCUT2D eigenvalue weighted by Gasteiger charge is 2.44. The van der Waals surface area contributed by atoms with E-state index in [9.17, 15) is 20.1 Å². The van der Waals surface area contributed by atoms with Crippen molar-refractivity contribution in [1.82, 2.24) is 5.32 Å². The SMILES string of the molecule is CC(CC(O)COc1cccc(Cl)c1)C1C(O)CC(O)C1CCCCCCC(=O)NCC1CC1. The monoisotopic (exact) mass is 495 g/mol. The van der Waals surface area contributed by atoms with E-state index in [4.69, 9.17) is 16.3 Å². The first-order chi connectivity index (χ1) is 16.3. The lowest BCUT2D eigenvalue weighted by atomic mass is 9.78. The summed E-state index contributed by atoms with van der Waals surface area (Å²) in [5.74, 6) is 1.55. The van der Waals surface area contributed by atoms with Crippen LogP contribution in [0.4, 0.5) is 0 Å². The first kappa shape index (κ1) is 27.3. The summed E-state index contributed by atoms with van der Waals surface area (Å²) >= 11 is 5.97. The number of aliphatic hydroxyl groups is 3. The van der Waals surface area contributed by atoms with Crippen molar-refractivity contribution in [1.29, 1.82) is 0 Å². The number of carbonyl (C=O) groups excluding carboxylic acids is 1. The molecule has 0 heterocycles. The van der Waals surface area contributed by atoms with Crippen molar-refractivity contribution in [2.45, 2.75) is 89.4 Å². The van der Waals surface area contributed by atoms with Gasteiger partial charge in [0.1, 0.15) is 12.4 Å². The molecule has 4 N–H and O–H groups in total. The smallest absolute Gasteiger partial charge is 0.220 e. The van der Waals surface area contributed by atoms with Crippen LogP contribution in [-0.4, -0.2) is 52.7 Å². The zero-order valence-corrected chi connectivity index (χ0v) is 21.1. The van der Waals surface area contributed by atoms with Gasteiger partial charge in [-0.05, 0) is 80.4 Å². The summed E-state index contributed by atoms with van der Waals surface area (Å²) < 4.78 is 5.66. The number of hydrogen-bond donors (Lipinski definition) is 4. The molecule has 0 bridgehead atoms. The lowest BCUT2D eigenvalue weighted by molar-refractivity contribution is -0.121. The van der Waals surface area contributed by atoms with Crippen LogP contribution in [0.3, 0.4) is 0 Å². The number of aliphatic hydroxyl groups excluding tert-OH is 3. The Morgan fingerprint density at radius 1 is 1.18 bits per heavy atom. The minimum atomic E-state index is -0.661. The van der Waals surface area contributed by atoms with Crippen LogP contribution in [0, 0.1) is 23.7 Å². The second kappa shape index (κ2) is 13.7. The van der Waals surface area contributed by atoms with Crippen molar-refractivity contribution in [3.8, 4) is 5.75 Å². The first-order valence-electron chi connectivity index (χ1n) is 13.0. The fourth-order valence-electron chi connectivity index (χ4n) is 5.40. The summed E-state index contributed by atoms with van der Waals surface area (Å²) in [5.41, 5.74) is 0. The van der Waals surface area contributed by atoms with Gasteiger partial charge in [0.15, 0.2) is 0 Å². The van der Waals surface area contributed by atoms with Crippen molar-refractivity contribution in [3.05, 3.63) is 29.3 Å². The molecular weight excluding hydrogens is 454 g/mol. The van der Waals surface area contributed by atoms with Gasteiger partial charge < -0.3 is 25.4 Å². The number of nitrogens with one attached hydrogen (secondary N) is 1. The molecule has 34 heavy (non-hydrogen) atoms. The molecular formula is C27H42ClNO5. The molecule has 7 heteroatoms. The van der Waals surface area contributed by atoms with E-state index >= 15 is 0 Å². The van der Waals surface area contributed by atoms with Crippen molar-refractivity contribution in [2.24, 2.45) is 23.7 Å². The lowest BCUT2D eigenvalue weighted by Gasteiger charge is -2.30. The standard InChI is InChI=1S/C27H42ClNO5/c1-18(13-21(30)17-34-22-8-6-7-20(28)14-22)27-23(24(31)15-25(27)32)9-4-2-3-5-10-26(33)29-16-19-11-12-19/h6-8,14,18-19,21,23-25,27,30-32H,2-5,9-13,15-17H2,1H3,(H,29,33). The number of carbonyl (C=O) groups is 1. The number of hydrogen-bond acceptors (Lipinski definition) is 5. The molecule has 0 aromatic heterocycles. The highest BCUT2D eigenvalue weighted by Crippen LogP contribution is 2.42. The average molecular weight is 496 g/mol. The van der Waals surface area contributed by atoms with Gasteiger partial charge >= 0.3 is 0 Å². The summed E-state index contributed by atoms with van der Waals surface area (Å²) in [4.78, 5) is 11.8. The van der Waals surface area contributed by atoms with E-state index < -0.39 is 18.3 Å². The molecule has 0 radical (unpaired) electrons. The number of ether oxygens (including phenoxy) is 1. The Morgan fingerprint density at radius 3 is 2.68 bits per heavy atom. The average Bonchev–Trinajstić information content (AvgIpc) is 3.57. The van der Waals surface area contributed by atoms with Crippen LogP contribution >= 0.6 is 11.6 Å². The topological polar surface area (TPSA) is 99.0 Å². The summed E-state index contributed by atoms with van der Waals surface area (Å²) in [6.07, 6.45) is 7.02. The van der Waals surface area contributed by atoms with Gasteiger partial charge in [0.2, 0.25) is 5.91 Å². The number of amides is 1.